The van der Waals surface area contributed by atoms with E-state index in [1.54, 1.807) is 4.90 Å². The number of hydrogen-bond acceptors (Lipinski definition) is 3. The van der Waals surface area contributed by atoms with Gasteiger partial charge in [0.25, 0.3) is 0 Å². The normalized spacial score (nSPS) is 27.9. The molecule has 4 heteroatoms. The summed E-state index contributed by atoms with van der Waals surface area (Å²) in [5, 5.41) is 0. The minimum absolute atomic E-state index is 0.174. The summed E-state index contributed by atoms with van der Waals surface area (Å²) in [6, 6.07) is 0.248. The molecule has 98 valence electrons. The van der Waals surface area contributed by atoms with Crippen LogP contribution in [-0.2, 0) is 4.74 Å². The lowest BCUT2D eigenvalue weighted by molar-refractivity contribution is 0.132. The number of piperidine rings is 1. The molecular formula is C13H24N2O2. The Morgan fingerprint density at radius 3 is 2.47 bits per heavy atom. The van der Waals surface area contributed by atoms with Gasteiger partial charge >= 0.3 is 6.09 Å². The summed E-state index contributed by atoms with van der Waals surface area (Å²) in [5.41, 5.74) is 0. The highest BCUT2D eigenvalue weighted by atomic mass is 16.6. The fraction of sp³-hybridized carbons (Fsp3) is 0.923. The number of carbonyl (C=O) groups is 1. The maximum Gasteiger partial charge on any atom is 0.409 e. The first-order valence-electron chi connectivity index (χ1n) is 6.70. The number of carbonyl (C=O) groups excluding carboxylic acids is 1. The number of rotatable bonds is 3. The minimum atomic E-state index is -0.174. The Balaban J connectivity index is 1.77. The van der Waals surface area contributed by atoms with E-state index in [2.05, 4.69) is 18.7 Å². The third-order valence-electron chi connectivity index (χ3n) is 4.28. The topological polar surface area (TPSA) is 32.8 Å². The van der Waals surface area contributed by atoms with Gasteiger partial charge in [-0.3, -0.25) is 0 Å². The SMILES string of the molecule is CC(C)C1CCN(C[C@@H]2COC(=O)N2C)CC1. The van der Waals surface area contributed by atoms with Gasteiger partial charge < -0.3 is 14.5 Å². The van der Waals surface area contributed by atoms with Gasteiger partial charge in [0.05, 0.1) is 6.04 Å². The molecule has 0 unspecified atom stereocenters. The van der Waals surface area contributed by atoms with E-state index in [-0.39, 0.29) is 12.1 Å². The predicted molar refractivity (Wildman–Crippen MR) is 66.9 cm³/mol. The molecule has 2 heterocycles. The van der Waals surface area contributed by atoms with Crippen LogP contribution in [0.1, 0.15) is 26.7 Å². The molecule has 0 aliphatic carbocycles. The van der Waals surface area contributed by atoms with Crippen LogP contribution in [-0.4, -0.2) is 55.2 Å². The summed E-state index contributed by atoms with van der Waals surface area (Å²) in [6.45, 7) is 8.49. The molecule has 17 heavy (non-hydrogen) atoms. The first kappa shape index (κ1) is 12.7. The van der Waals surface area contributed by atoms with Crippen molar-refractivity contribution in [3.8, 4) is 0 Å². The Hall–Kier alpha value is -0.770. The molecule has 2 aliphatic heterocycles. The Bertz CT molecular complexity index is 273. The van der Waals surface area contributed by atoms with Crippen LogP contribution in [0, 0.1) is 11.8 Å². The second-order valence-electron chi connectivity index (χ2n) is 5.72. The maximum absolute atomic E-state index is 11.3. The lowest BCUT2D eigenvalue weighted by Gasteiger charge is -2.35. The number of hydrogen-bond donors (Lipinski definition) is 0. The number of likely N-dealkylation sites (tertiary alicyclic amines) is 1. The fourth-order valence-electron chi connectivity index (χ4n) is 2.81. The molecule has 0 aromatic rings. The highest BCUT2D eigenvalue weighted by Crippen LogP contribution is 2.25. The fourth-order valence-corrected chi connectivity index (χ4v) is 2.81. The van der Waals surface area contributed by atoms with E-state index in [4.69, 9.17) is 4.74 Å². The van der Waals surface area contributed by atoms with Crippen molar-refractivity contribution < 1.29 is 9.53 Å². The van der Waals surface area contributed by atoms with Gasteiger partial charge in [-0.2, -0.15) is 0 Å². The number of nitrogens with zero attached hydrogens (tertiary/aromatic N) is 2. The molecule has 2 fully saturated rings. The summed E-state index contributed by atoms with van der Waals surface area (Å²) < 4.78 is 5.04. The molecule has 0 radical (unpaired) electrons. The van der Waals surface area contributed by atoms with Crippen molar-refractivity contribution in [1.29, 1.82) is 0 Å². The van der Waals surface area contributed by atoms with E-state index in [1.807, 2.05) is 7.05 Å². The largest absolute Gasteiger partial charge is 0.447 e. The molecule has 0 spiro atoms. The molecule has 2 rings (SSSR count). The van der Waals surface area contributed by atoms with Crippen molar-refractivity contribution in [3.05, 3.63) is 0 Å². The second kappa shape index (κ2) is 5.25. The first-order valence-corrected chi connectivity index (χ1v) is 6.70. The lowest BCUT2D eigenvalue weighted by Crippen LogP contribution is -2.44. The highest BCUT2D eigenvalue weighted by Gasteiger charge is 2.32. The van der Waals surface area contributed by atoms with Gasteiger partial charge in [0, 0.05) is 13.6 Å². The van der Waals surface area contributed by atoms with Gasteiger partial charge in [-0.15, -0.1) is 0 Å². The summed E-state index contributed by atoms with van der Waals surface area (Å²) in [7, 11) is 1.83. The third-order valence-corrected chi connectivity index (χ3v) is 4.28. The van der Waals surface area contributed by atoms with Crippen LogP contribution in [0.2, 0.25) is 0 Å². The molecule has 0 N–H and O–H groups in total. The molecule has 0 bridgehead atoms. The van der Waals surface area contributed by atoms with E-state index < -0.39 is 0 Å². The van der Waals surface area contributed by atoms with Gasteiger partial charge in [0.2, 0.25) is 0 Å². The van der Waals surface area contributed by atoms with E-state index in [1.165, 1.54) is 25.9 Å². The number of amides is 1. The zero-order valence-corrected chi connectivity index (χ0v) is 11.2. The molecule has 4 nitrogen and oxygen atoms in total. The standard InChI is InChI=1S/C13H24N2O2/c1-10(2)11-4-6-15(7-5-11)8-12-9-17-13(16)14(12)3/h10-12H,4-9H2,1-3H3/t12-/m1/s1. The van der Waals surface area contributed by atoms with Crippen molar-refractivity contribution >= 4 is 6.09 Å². The van der Waals surface area contributed by atoms with Crippen molar-refractivity contribution in [3.63, 3.8) is 0 Å². The summed E-state index contributed by atoms with van der Waals surface area (Å²) >= 11 is 0. The smallest absolute Gasteiger partial charge is 0.409 e. The molecule has 0 aromatic carbocycles. The Morgan fingerprint density at radius 1 is 1.35 bits per heavy atom. The van der Waals surface area contributed by atoms with Crippen LogP contribution in [0.15, 0.2) is 0 Å². The molecule has 2 aliphatic rings. The van der Waals surface area contributed by atoms with Crippen LogP contribution < -0.4 is 0 Å². The summed E-state index contributed by atoms with van der Waals surface area (Å²) in [5.74, 6) is 1.68. The van der Waals surface area contributed by atoms with Crippen LogP contribution in [0.4, 0.5) is 4.79 Å². The van der Waals surface area contributed by atoms with Gasteiger partial charge in [-0.25, -0.2) is 4.79 Å². The van der Waals surface area contributed by atoms with Crippen LogP contribution >= 0.6 is 0 Å². The van der Waals surface area contributed by atoms with Crippen molar-refractivity contribution in [2.24, 2.45) is 11.8 Å². The average Bonchev–Trinajstić information content (AvgIpc) is 2.62. The predicted octanol–water partition coefficient (Wildman–Crippen LogP) is 1.81. The molecule has 2 saturated heterocycles. The molecule has 0 saturated carbocycles. The summed E-state index contributed by atoms with van der Waals surface area (Å²) in [4.78, 5) is 15.5. The van der Waals surface area contributed by atoms with E-state index in [9.17, 15) is 4.79 Å². The Kier molecular flexibility index (Phi) is 3.92. The van der Waals surface area contributed by atoms with Crippen molar-refractivity contribution in [2.75, 3.05) is 33.3 Å². The Morgan fingerprint density at radius 2 is 2.00 bits per heavy atom. The van der Waals surface area contributed by atoms with Crippen molar-refractivity contribution in [2.45, 2.75) is 32.7 Å². The average molecular weight is 240 g/mol. The van der Waals surface area contributed by atoms with Gasteiger partial charge in [0.15, 0.2) is 0 Å². The van der Waals surface area contributed by atoms with Gasteiger partial charge in [-0.1, -0.05) is 13.8 Å². The highest BCUT2D eigenvalue weighted by molar-refractivity contribution is 5.69. The van der Waals surface area contributed by atoms with Crippen molar-refractivity contribution in [1.82, 2.24) is 9.80 Å². The lowest BCUT2D eigenvalue weighted by atomic mass is 9.86. The van der Waals surface area contributed by atoms with Crippen LogP contribution in [0.3, 0.4) is 0 Å². The number of ether oxygens (including phenoxy) is 1. The van der Waals surface area contributed by atoms with E-state index >= 15 is 0 Å². The quantitative estimate of drug-likeness (QED) is 0.754. The zero-order valence-electron chi connectivity index (χ0n) is 11.2. The van der Waals surface area contributed by atoms with Crippen LogP contribution in [0.5, 0.6) is 0 Å². The molecule has 0 aromatic heterocycles. The molecule has 1 atom stereocenters. The Labute approximate surface area is 104 Å². The van der Waals surface area contributed by atoms with Crippen LogP contribution in [0.25, 0.3) is 0 Å². The second-order valence-corrected chi connectivity index (χ2v) is 5.72. The molecule has 1 amide bonds. The van der Waals surface area contributed by atoms with Gasteiger partial charge in [-0.05, 0) is 37.8 Å². The first-order chi connectivity index (χ1) is 8.08. The molecular weight excluding hydrogens is 216 g/mol. The zero-order chi connectivity index (χ0) is 12.4. The minimum Gasteiger partial charge on any atom is -0.447 e. The van der Waals surface area contributed by atoms with E-state index in [0.29, 0.717) is 6.61 Å². The van der Waals surface area contributed by atoms with Gasteiger partial charge in [0.1, 0.15) is 6.61 Å². The third kappa shape index (κ3) is 2.92. The number of likely N-dealkylation sites (N-methyl/N-ethyl adjacent to an activating group) is 1. The summed E-state index contributed by atoms with van der Waals surface area (Å²) in [6.07, 6.45) is 2.42. The monoisotopic (exact) mass is 240 g/mol. The number of cyclic esters (lactones) is 1. The maximum atomic E-state index is 11.3. The van der Waals surface area contributed by atoms with E-state index in [0.717, 1.165) is 18.4 Å².